The largest absolute Gasteiger partial charge is 0.383 e. The van der Waals surface area contributed by atoms with Gasteiger partial charge in [-0.15, -0.1) is 11.3 Å². The minimum Gasteiger partial charge on any atom is -0.383 e. The summed E-state index contributed by atoms with van der Waals surface area (Å²) in [5.41, 5.74) is 0.743. The first kappa shape index (κ1) is 17.0. The number of ether oxygens (including phenoxy) is 1. The van der Waals surface area contributed by atoms with Crippen LogP contribution in [0.3, 0.4) is 0 Å². The molecule has 0 spiro atoms. The molecule has 1 fully saturated rings. The number of thiazole rings is 1. The van der Waals surface area contributed by atoms with E-state index in [1.165, 1.54) is 24.2 Å². The van der Waals surface area contributed by atoms with Crippen LogP contribution in [0.4, 0.5) is 0 Å². The molecule has 1 aliphatic rings. The van der Waals surface area contributed by atoms with Gasteiger partial charge in [0, 0.05) is 32.1 Å². The van der Waals surface area contributed by atoms with Crippen LogP contribution in [0, 0.1) is 6.92 Å². The molecular weight excluding hydrogens is 324 g/mol. The molecule has 1 amide bonds. The number of hydrogen-bond donors (Lipinski definition) is 0. The molecule has 1 saturated carbocycles. The molecule has 3 rings (SSSR count). The van der Waals surface area contributed by atoms with E-state index in [0.29, 0.717) is 34.9 Å². The van der Waals surface area contributed by atoms with Gasteiger partial charge >= 0.3 is 0 Å². The molecule has 0 bridgehead atoms. The van der Waals surface area contributed by atoms with Crippen molar-refractivity contribution >= 4 is 17.2 Å². The molecule has 0 atom stereocenters. The maximum absolute atomic E-state index is 13.1. The number of carbonyl (C=O) groups is 1. The van der Waals surface area contributed by atoms with Crippen molar-refractivity contribution in [2.45, 2.75) is 38.6 Å². The predicted molar refractivity (Wildman–Crippen MR) is 93.0 cm³/mol. The van der Waals surface area contributed by atoms with E-state index in [4.69, 9.17) is 4.74 Å². The SMILES string of the molecule is COCCN(C(=O)c1sc(-c2ncccn2)nc1C)C1CCCC1. The Morgan fingerprint density at radius 2 is 2.04 bits per heavy atom. The van der Waals surface area contributed by atoms with Gasteiger partial charge < -0.3 is 9.64 Å². The van der Waals surface area contributed by atoms with Crippen LogP contribution in [-0.2, 0) is 4.74 Å². The third-order valence-electron chi connectivity index (χ3n) is 4.31. The van der Waals surface area contributed by atoms with E-state index >= 15 is 0 Å². The third kappa shape index (κ3) is 3.62. The lowest BCUT2D eigenvalue weighted by molar-refractivity contribution is 0.0610. The van der Waals surface area contributed by atoms with Crippen molar-refractivity contribution in [3.05, 3.63) is 29.0 Å². The second kappa shape index (κ2) is 7.81. The van der Waals surface area contributed by atoms with E-state index in [-0.39, 0.29) is 5.91 Å². The van der Waals surface area contributed by atoms with E-state index < -0.39 is 0 Å². The first-order chi connectivity index (χ1) is 11.7. The molecule has 2 heterocycles. The van der Waals surface area contributed by atoms with Gasteiger partial charge in [0.2, 0.25) is 0 Å². The molecule has 1 aliphatic carbocycles. The number of hydrogen-bond acceptors (Lipinski definition) is 6. The molecule has 7 heteroatoms. The van der Waals surface area contributed by atoms with E-state index in [1.54, 1.807) is 25.6 Å². The Labute approximate surface area is 145 Å². The summed E-state index contributed by atoms with van der Waals surface area (Å²) in [6.07, 6.45) is 7.89. The number of rotatable bonds is 6. The summed E-state index contributed by atoms with van der Waals surface area (Å²) in [6, 6.07) is 2.08. The number of amides is 1. The summed E-state index contributed by atoms with van der Waals surface area (Å²) in [5.74, 6) is 0.616. The molecule has 0 aliphatic heterocycles. The second-order valence-electron chi connectivity index (χ2n) is 5.94. The Morgan fingerprint density at radius 1 is 1.33 bits per heavy atom. The highest BCUT2D eigenvalue weighted by Gasteiger charge is 2.29. The third-order valence-corrected chi connectivity index (χ3v) is 5.45. The molecule has 24 heavy (non-hydrogen) atoms. The van der Waals surface area contributed by atoms with Gasteiger partial charge in [0.25, 0.3) is 5.91 Å². The van der Waals surface area contributed by atoms with Gasteiger partial charge in [-0.05, 0) is 25.8 Å². The molecule has 0 radical (unpaired) electrons. The topological polar surface area (TPSA) is 68.2 Å². The standard InChI is InChI=1S/C17H22N4O2S/c1-12-14(24-16(20-12)15-18-8-5-9-19-15)17(22)21(10-11-23-2)13-6-3-4-7-13/h5,8-9,13H,3-4,6-7,10-11H2,1-2H3. The minimum atomic E-state index is 0.0520. The Balaban J connectivity index is 1.85. The lowest BCUT2D eigenvalue weighted by Crippen LogP contribution is -2.40. The van der Waals surface area contributed by atoms with Crippen molar-refractivity contribution in [1.29, 1.82) is 0 Å². The van der Waals surface area contributed by atoms with Crippen LogP contribution in [0.5, 0.6) is 0 Å². The van der Waals surface area contributed by atoms with E-state index in [9.17, 15) is 4.79 Å². The van der Waals surface area contributed by atoms with E-state index in [2.05, 4.69) is 15.0 Å². The highest BCUT2D eigenvalue weighted by Crippen LogP contribution is 2.30. The van der Waals surface area contributed by atoms with Crippen molar-refractivity contribution in [1.82, 2.24) is 19.9 Å². The maximum atomic E-state index is 13.1. The summed E-state index contributed by atoms with van der Waals surface area (Å²) in [6.45, 7) is 3.04. The zero-order chi connectivity index (χ0) is 16.9. The van der Waals surface area contributed by atoms with E-state index in [1.807, 2.05) is 11.8 Å². The van der Waals surface area contributed by atoms with E-state index in [0.717, 1.165) is 18.5 Å². The Hall–Kier alpha value is -1.86. The smallest absolute Gasteiger partial charge is 0.266 e. The molecule has 2 aromatic heterocycles. The Morgan fingerprint density at radius 3 is 2.71 bits per heavy atom. The lowest BCUT2D eigenvalue weighted by Gasteiger charge is -2.28. The van der Waals surface area contributed by atoms with Crippen LogP contribution in [-0.4, -0.2) is 52.1 Å². The van der Waals surface area contributed by atoms with Crippen LogP contribution in [0.2, 0.25) is 0 Å². The minimum absolute atomic E-state index is 0.0520. The van der Waals surface area contributed by atoms with Gasteiger partial charge in [0.15, 0.2) is 10.8 Å². The number of aromatic nitrogens is 3. The Bertz CT molecular complexity index is 683. The summed E-state index contributed by atoms with van der Waals surface area (Å²) in [5, 5.41) is 0.689. The lowest BCUT2D eigenvalue weighted by atomic mass is 10.2. The van der Waals surface area contributed by atoms with Gasteiger partial charge in [0.1, 0.15) is 4.88 Å². The fraction of sp³-hybridized carbons (Fsp3) is 0.529. The highest BCUT2D eigenvalue weighted by atomic mass is 32.1. The predicted octanol–water partition coefficient (Wildman–Crippen LogP) is 2.94. The molecule has 0 saturated heterocycles. The highest BCUT2D eigenvalue weighted by molar-refractivity contribution is 7.17. The normalized spacial score (nSPS) is 14.9. The number of nitrogens with zero attached hydrogens (tertiary/aromatic N) is 4. The molecule has 128 valence electrons. The van der Waals surface area contributed by atoms with Crippen molar-refractivity contribution in [2.24, 2.45) is 0 Å². The average molecular weight is 346 g/mol. The van der Waals surface area contributed by atoms with Gasteiger partial charge in [-0.2, -0.15) is 0 Å². The zero-order valence-electron chi connectivity index (χ0n) is 14.1. The maximum Gasteiger partial charge on any atom is 0.266 e. The molecular formula is C17H22N4O2S. The van der Waals surface area contributed by atoms with Gasteiger partial charge in [-0.3, -0.25) is 4.79 Å². The monoisotopic (exact) mass is 346 g/mol. The van der Waals surface area contributed by atoms with Crippen molar-refractivity contribution in [3.63, 3.8) is 0 Å². The summed E-state index contributed by atoms with van der Waals surface area (Å²) >= 11 is 1.37. The summed E-state index contributed by atoms with van der Waals surface area (Å²) < 4.78 is 5.20. The second-order valence-corrected chi connectivity index (χ2v) is 6.93. The van der Waals surface area contributed by atoms with Crippen molar-refractivity contribution < 1.29 is 9.53 Å². The quantitative estimate of drug-likeness (QED) is 0.804. The Kier molecular flexibility index (Phi) is 5.52. The van der Waals surface area contributed by atoms with Crippen LogP contribution in [0.15, 0.2) is 18.5 Å². The molecule has 2 aromatic rings. The van der Waals surface area contributed by atoms with Gasteiger partial charge in [-0.25, -0.2) is 15.0 Å². The number of aryl methyl sites for hydroxylation is 1. The first-order valence-electron chi connectivity index (χ1n) is 8.25. The van der Waals surface area contributed by atoms with Crippen LogP contribution in [0.25, 0.3) is 10.8 Å². The molecule has 6 nitrogen and oxygen atoms in total. The number of carbonyl (C=O) groups excluding carboxylic acids is 1. The molecule has 0 aromatic carbocycles. The molecule has 0 unspecified atom stereocenters. The van der Waals surface area contributed by atoms with Gasteiger partial charge in [-0.1, -0.05) is 12.8 Å². The van der Waals surface area contributed by atoms with Crippen LogP contribution >= 0.6 is 11.3 Å². The summed E-state index contributed by atoms with van der Waals surface area (Å²) in [7, 11) is 1.67. The fourth-order valence-corrected chi connectivity index (χ4v) is 4.06. The zero-order valence-corrected chi connectivity index (χ0v) is 14.9. The van der Waals surface area contributed by atoms with Crippen LogP contribution < -0.4 is 0 Å². The molecule has 0 N–H and O–H groups in total. The summed E-state index contributed by atoms with van der Waals surface area (Å²) in [4.78, 5) is 28.7. The number of methoxy groups -OCH3 is 1. The van der Waals surface area contributed by atoms with Gasteiger partial charge in [0.05, 0.1) is 12.3 Å². The van der Waals surface area contributed by atoms with Crippen LogP contribution in [0.1, 0.15) is 41.0 Å². The fourth-order valence-electron chi connectivity index (χ4n) is 3.09. The first-order valence-corrected chi connectivity index (χ1v) is 9.07. The van der Waals surface area contributed by atoms with Crippen molar-refractivity contribution in [2.75, 3.05) is 20.3 Å². The average Bonchev–Trinajstić information content (AvgIpc) is 3.26. The van der Waals surface area contributed by atoms with Crippen molar-refractivity contribution in [3.8, 4) is 10.8 Å².